The lowest BCUT2D eigenvalue weighted by Gasteiger charge is -2.23. The lowest BCUT2D eigenvalue weighted by atomic mass is 10.1. The maximum absolute atomic E-state index is 11.7. The van der Waals surface area contributed by atoms with Gasteiger partial charge in [0.15, 0.2) is 6.61 Å². The van der Waals surface area contributed by atoms with Crippen LogP contribution in [0.5, 0.6) is 5.75 Å². The molecule has 108 valence electrons. The van der Waals surface area contributed by atoms with Gasteiger partial charge >= 0.3 is 0 Å². The van der Waals surface area contributed by atoms with Gasteiger partial charge in [0, 0.05) is 24.8 Å². The van der Waals surface area contributed by atoms with Crippen LogP contribution in [-0.4, -0.2) is 38.1 Å². The molecule has 1 aromatic carbocycles. The van der Waals surface area contributed by atoms with Crippen molar-refractivity contribution in [3.05, 3.63) is 28.8 Å². The van der Waals surface area contributed by atoms with E-state index in [1.54, 1.807) is 12.1 Å². The first-order chi connectivity index (χ1) is 9.69. The number of carbonyl (C=O) groups excluding carboxylic acids is 2. The summed E-state index contributed by atoms with van der Waals surface area (Å²) in [5.74, 6) is 0.201. The zero-order valence-electron chi connectivity index (χ0n) is 10.9. The van der Waals surface area contributed by atoms with Crippen LogP contribution in [0.15, 0.2) is 18.2 Å². The molecule has 5 nitrogen and oxygen atoms in total. The number of nitrogens with one attached hydrogen (secondary N) is 1. The third-order valence-corrected chi connectivity index (χ3v) is 3.33. The summed E-state index contributed by atoms with van der Waals surface area (Å²) in [6, 6.07) is 4.81. The molecule has 0 saturated carbocycles. The molecule has 2 rings (SSSR count). The molecule has 0 spiro atoms. The van der Waals surface area contributed by atoms with E-state index < -0.39 is 0 Å². The number of halogens is 1. The molecule has 0 aromatic heterocycles. The Morgan fingerprint density at radius 1 is 1.45 bits per heavy atom. The minimum Gasteiger partial charge on any atom is -0.482 e. The Bertz CT molecular complexity index is 486. The normalized spacial score (nSPS) is 15.7. The minimum atomic E-state index is -0.188. The predicted molar refractivity (Wildman–Crippen MR) is 74.3 cm³/mol. The highest BCUT2D eigenvalue weighted by Gasteiger charge is 2.16. The summed E-state index contributed by atoms with van der Waals surface area (Å²) in [5, 5.41) is 3.20. The van der Waals surface area contributed by atoms with Crippen LogP contribution in [0.2, 0.25) is 5.02 Å². The summed E-state index contributed by atoms with van der Waals surface area (Å²) in [6.07, 6.45) is 2.34. The Hall–Kier alpha value is -1.59. The number of benzene rings is 1. The Labute approximate surface area is 122 Å². The largest absolute Gasteiger partial charge is 0.482 e. The van der Waals surface area contributed by atoms with Gasteiger partial charge in [0.1, 0.15) is 12.0 Å². The highest BCUT2D eigenvalue weighted by molar-refractivity contribution is 6.32. The van der Waals surface area contributed by atoms with Gasteiger partial charge in [0.2, 0.25) is 0 Å². The molecule has 20 heavy (non-hydrogen) atoms. The summed E-state index contributed by atoms with van der Waals surface area (Å²) >= 11 is 5.95. The summed E-state index contributed by atoms with van der Waals surface area (Å²) in [5.41, 5.74) is 0.467. The monoisotopic (exact) mass is 297 g/mol. The minimum absolute atomic E-state index is 0.0997. The van der Waals surface area contributed by atoms with Crippen LogP contribution < -0.4 is 10.1 Å². The number of rotatable bonds is 5. The quantitative estimate of drug-likeness (QED) is 0.842. The van der Waals surface area contributed by atoms with Crippen molar-refractivity contribution in [2.45, 2.75) is 18.9 Å². The Kier molecular flexibility index (Phi) is 5.38. The Morgan fingerprint density at radius 2 is 2.20 bits per heavy atom. The second kappa shape index (κ2) is 7.26. The molecule has 1 fully saturated rings. The van der Waals surface area contributed by atoms with E-state index in [9.17, 15) is 9.59 Å². The van der Waals surface area contributed by atoms with Crippen LogP contribution in [0.3, 0.4) is 0 Å². The second-order valence-electron chi connectivity index (χ2n) is 4.55. The van der Waals surface area contributed by atoms with Crippen molar-refractivity contribution in [3.63, 3.8) is 0 Å². The molecule has 6 heteroatoms. The van der Waals surface area contributed by atoms with Crippen LogP contribution in [0.1, 0.15) is 23.2 Å². The van der Waals surface area contributed by atoms with E-state index in [1.807, 2.05) is 0 Å². The zero-order valence-corrected chi connectivity index (χ0v) is 11.7. The summed E-state index contributed by atoms with van der Waals surface area (Å²) in [6.45, 7) is 1.24. The second-order valence-corrected chi connectivity index (χ2v) is 4.96. The third-order valence-electron chi connectivity index (χ3n) is 3.04. The van der Waals surface area contributed by atoms with E-state index in [4.69, 9.17) is 21.1 Å². The highest BCUT2D eigenvalue weighted by Crippen LogP contribution is 2.24. The van der Waals surface area contributed by atoms with E-state index in [2.05, 4.69) is 5.32 Å². The van der Waals surface area contributed by atoms with Crippen LogP contribution >= 0.6 is 11.6 Å². The van der Waals surface area contributed by atoms with Gasteiger partial charge in [-0.05, 0) is 31.0 Å². The zero-order chi connectivity index (χ0) is 14.4. The van der Waals surface area contributed by atoms with Crippen LogP contribution in [0, 0.1) is 0 Å². The van der Waals surface area contributed by atoms with Crippen molar-refractivity contribution in [3.8, 4) is 5.75 Å². The smallest absolute Gasteiger partial charge is 0.258 e. The number of amides is 1. The Balaban J connectivity index is 1.82. The first kappa shape index (κ1) is 14.8. The van der Waals surface area contributed by atoms with Gasteiger partial charge in [-0.3, -0.25) is 9.59 Å². The maximum atomic E-state index is 11.7. The average molecular weight is 298 g/mol. The van der Waals surface area contributed by atoms with E-state index in [-0.39, 0.29) is 18.6 Å². The molecule has 1 saturated heterocycles. The van der Waals surface area contributed by atoms with E-state index in [0.717, 1.165) is 12.8 Å². The van der Waals surface area contributed by atoms with Crippen LogP contribution in [-0.2, 0) is 9.53 Å². The maximum Gasteiger partial charge on any atom is 0.258 e. The number of hydrogen-bond acceptors (Lipinski definition) is 4. The molecule has 1 aliphatic rings. The standard InChI is InChI=1S/C14H16ClNO4/c15-12-7-10(8-17)1-2-13(12)20-9-14(18)16-11-3-5-19-6-4-11/h1-2,7-8,11H,3-6,9H2,(H,16,18). The van der Waals surface area contributed by atoms with Gasteiger partial charge < -0.3 is 14.8 Å². The molecule has 1 aliphatic heterocycles. The molecule has 0 bridgehead atoms. The topological polar surface area (TPSA) is 64.6 Å². The van der Waals surface area contributed by atoms with E-state index in [1.165, 1.54) is 6.07 Å². The number of ether oxygens (including phenoxy) is 2. The molecule has 1 heterocycles. The summed E-state index contributed by atoms with van der Waals surface area (Å²) in [4.78, 5) is 22.3. The van der Waals surface area contributed by atoms with Crippen molar-refractivity contribution < 1.29 is 19.1 Å². The van der Waals surface area contributed by atoms with Crippen LogP contribution in [0.4, 0.5) is 0 Å². The fourth-order valence-electron chi connectivity index (χ4n) is 1.96. The number of carbonyl (C=O) groups is 2. The molecule has 1 N–H and O–H groups in total. The van der Waals surface area contributed by atoms with Crippen molar-refractivity contribution >= 4 is 23.8 Å². The molecular formula is C14H16ClNO4. The third kappa shape index (κ3) is 4.21. The molecule has 0 aliphatic carbocycles. The SMILES string of the molecule is O=Cc1ccc(OCC(=O)NC2CCOCC2)c(Cl)c1. The fourth-order valence-corrected chi connectivity index (χ4v) is 2.21. The van der Waals surface area contributed by atoms with Gasteiger partial charge in [-0.2, -0.15) is 0 Å². The van der Waals surface area contributed by atoms with Crippen LogP contribution in [0.25, 0.3) is 0 Å². The van der Waals surface area contributed by atoms with E-state index in [0.29, 0.717) is 35.8 Å². The number of hydrogen-bond donors (Lipinski definition) is 1. The first-order valence-corrected chi connectivity index (χ1v) is 6.81. The Morgan fingerprint density at radius 3 is 2.85 bits per heavy atom. The molecule has 0 unspecified atom stereocenters. The summed E-state index contributed by atoms with van der Waals surface area (Å²) < 4.78 is 10.6. The predicted octanol–water partition coefficient (Wildman–Crippen LogP) is 1.83. The molecular weight excluding hydrogens is 282 g/mol. The highest BCUT2D eigenvalue weighted by atomic mass is 35.5. The van der Waals surface area contributed by atoms with Gasteiger partial charge in [-0.1, -0.05) is 11.6 Å². The van der Waals surface area contributed by atoms with Crippen molar-refractivity contribution in [1.82, 2.24) is 5.32 Å². The lowest BCUT2D eigenvalue weighted by Crippen LogP contribution is -2.41. The molecule has 1 aromatic rings. The molecule has 0 atom stereocenters. The van der Waals surface area contributed by atoms with Gasteiger partial charge in [0.05, 0.1) is 5.02 Å². The van der Waals surface area contributed by atoms with Gasteiger partial charge in [-0.25, -0.2) is 0 Å². The van der Waals surface area contributed by atoms with Gasteiger partial charge in [-0.15, -0.1) is 0 Å². The van der Waals surface area contributed by atoms with E-state index >= 15 is 0 Å². The van der Waals surface area contributed by atoms with Crippen molar-refractivity contribution in [2.24, 2.45) is 0 Å². The van der Waals surface area contributed by atoms with Crippen molar-refractivity contribution in [2.75, 3.05) is 19.8 Å². The molecule has 1 amide bonds. The first-order valence-electron chi connectivity index (χ1n) is 6.43. The fraction of sp³-hybridized carbons (Fsp3) is 0.429. The average Bonchev–Trinajstić information content (AvgIpc) is 2.47. The number of aldehydes is 1. The summed E-state index contributed by atoms with van der Waals surface area (Å²) in [7, 11) is 0. The lowest BCUT2D eigenvalue weighted by molar-refractivity contribution is -0.124. The molecule has 0 radical (unpaired) electrons. The van der Waals surface area contributed by atoms with Gasteiger partial charge in [0.25, 0.3) is 5.91 Å². The van der Waals surface area contributed by atoms with Crippen molar-refractivity contribution in [1.29, 1.82) is 0 Å².